The van der Waals surface area contributed by atoms with E-state index in [1.165, 1.54) is 0 Å². The largest absolute Gasteiger partial charge is 0.481 e. The molecule has 1 fully saturated rings. The van der Waals surface area contributed by atoms with E-state index in [1.54, 1.807) is 0 Å². The van der Waals surface area contributed by atoms with Crippen molar-refractivity contribution in [3.05, 3.63) is 0 Å². The molecule has 3 N–H and O–H groups in total. The monoisotopic (exact) mass is 199 g/mol. The van der Waals surface area contributed by atoms with Crippen LogP contribution in [0.5, 0.6) is 0 Å². The quantitative estimate of drug-likeness (QED) is 0.726. The average molecular weight is 199 g/mol. The fraction of sp³-hybridized carbons (Fsp3) is 0.909. The van der Waals surface area contributed by atoms with Gasteiger partial charge in [0.25, 0.3) is 0 Å². The van der Waals surface area contributed by atoms with Crippen molar-refractivity contribution >= 4 is 5.97 Å². The third kappa shape index (κ3) is 1.92. The maximum absolute atomic E-state index is 10.7. The van der Waals surface area contributed by atoms with Gasteiger partial charge in [0.1, 0.15) is 0 Å². The first-order valence-electron chi connectivity index (χ1n) is 5.25. The molecule has 0 heterocycles. The minimum absolute atomic E-state index is 0.120. The van der Waals surface area contributed by atoms with Gasteiger partial charge in [-0.1, -0.05) is 20.8 Å². The Bertz CT molecular complexity index is 229. The van der Waals surface area contributed by atoms with Gasteiger partial charge in [-0.15, -0.1) is 0 Å². The summed E-state index contributed by atoms with van der Waals surface area (Å²) in [5, 5.41) is 8.80. The first kappa shape index (κ1) is 11.5. The topological polar surface area (TPSA) is 63.3 Å². The van der Waals surface area contributed by atoms with E-state index in [-0.39, 0.29) is 11.8 Å². The van der Waals surface area contributed by atoms with Crippen LogP contribution < -0.4 is 5.73 Å². The summed E-state index contributed by atoms with van der Waals surface area (Å²) < 4.78 is 0. The van der Waals surface area contributed by atoms with E-state index < -0.39 is 5.97 Å². The Balaban J connectivity index is 2.60. The number of carboxylic acids is 1. The van der Waals surface area contributed by atoms with Crippen LogP contribution in [0.1, 0.15) is 40.0 Å². The summed E-state index contributed by atoms with van der Waals surface area (Å²) in [5.74, 6) is -0.114. The standard InChI is InChI=1S/C11H21NO2/c1-8(2)10(3)5-11(6-10,7-12)4-9(13)14/h8H,4-7,12H2,1-3H3,(H,13,14)/t10-,11-. The third-order valence-corrected chi connectivity index (χ3v) is 3.91. The second-order valence-electron chi connectivity index (χ2n) is 5.44. The van der Waals surface area contributed by atoms with Crippen molar-refractivity contribution in [2.45, 2.75) is 40.0 Å². The number of rotatable bonds is 4. The molecule has 0 aromatic carbocycles. The normalized spacial score (nSPS) is 36.9. The lowest BCUT2D eigenvalue weighted by atomic mass is 9.49. The molecule has 1 saturated carbocycles. The van der Waals surface area contributed by atoms with E-state index in [0.29, 0.717) is 17.9 Å². The predicted molar refractivity (Wildman–Crippen MR) is 55.9 cm³/mol. The lowest BCUT2D eigenvalue weighted by Gasteiger charge is -2.56. The summed E-state index contributed by atoms with van der Waals surface area (Å²) >= 11 is 0. The van der Waals surface area contributed by atoms with Gasteiger partial charge in [0, 0.05) is 0 Å². The van der Waals surface area contributed by atoms with Crippen LogP contribution in [-0.4, -0.2) is 17.6 Å². The average Bonchev–Trinajstić information content (AvgIpc) is 1.99. The number of hydrogen-bond donors (Lipinski definition) is 2. The van der Waals surface area contributed by atoms with Crippen LogP contribution in [0, 0.1) is 16.7 Å². The fourth-order valence-electron chi connectivity index (χ4n) is 2.73. The van der Waals surface area contributed by atoms with Crippen LogP contribution in [0.4, 0.5) is 0 Å². The number of aliphatic carboxylic acids is 1. The molecule has 0 bridgehead atoms. The molecule has 0 radical (unpaired) electrons. The van der Waals surface area contributed by atoms with Gasteiger partial charge in [-0.3, -0.25) is 4.79 Å². The Hall–Kier alpha value is -0.570. The molecule has 0 aliphatic heterocycles. The van der Waals surface area contributed by atoms with E-state index in [1.807, 2.05) is 0 Å². The summed E-state index contributed by atoms with van der Waals surface area (Å²) in [6, 6.07) is 0. The Morgan fingerprint density at radius 1 is 1.50 bits per heavy atom. The van der Waals surface area contributed by atoms with Gasteiger partial charge in [-0.2, -0.15) is 0 Å². The van der Waals surface area contributed by atoms with Gasteiger partial charge < -0.3 is 10.8 Å². The van der Waals surface area contributed by atoms with Crippen LogP contribution in [-0.2, 0) is 4.79 Å². The zero-order valence-electron chi connectivity index (χ0n) is 9.34. The fourth-order valence-corrected chi connectivity index (χ4v) is 2.73. The highest BCUT2D eigenvalue weighted by Crippen LogP contribution is 2.59. The Kier molecular flexibility index (Phi) is 2.91. The van der Waals surface area contributed by atoms with Gasteiger partial charge in [-0.05, 0) is 36.1 Å². The lowest BCUT2D eigenvalue weighted by molar-refractivity contribution is -0.146. The summed E-state index contributed by atoms with van der Waals surface area (Å²) in [6.45, 7) is 7.12. The van der Waals surface area contributed by atoms with E-state index in [2.05, 4.69) is 20.8 Å². The second-order valence-corrected chi connectivity index (χ2v) is 5.44. The molecule has 0 spiro atoms. The maximum Gasteiger partial charge on any atom is 0.303 e. The van der Waals surface area contributed by atoms with Crippen molar-refractivity contribution in [1.29, 1.82) is 0 Å². The molecule has 0 atom stereocenters. The minimum atomic E-state index is -0.721. The molecule has 82 valence electrons. The predicted octanol–water partition coefficient (Wildman–Crippen LogP) is 1.86. The van der Waals surface area contributed by atoms with E-state index >= 15 is 0 Å². The van der Waals surface area contributed by atoms with Crippen molar-refractivity contribution in [3.8, 4) is 0 Å². The molecule has 1 aliphatic rings. The molecular weight excluding hydrogens is 178 g/mol. The minimum Gasteiger partial charge on any atom is -0.481 e. The summed E-state index contributed by atoms with van der Waals surface area (Å²) in [7, 11) is 0. The van der Waals surface area contributed by atoms with Crippen LogP contribution in [0.3, 0.4) is 0 Å². The number of nitrogens with two attached hydrogens (primary N) is 1. The molecule has 0 saturated heterocycles. The Morgan fingerprint density at radius 2 is 2.00 bits per heavy atom. The molecule has 0 unspecified atom stereocenters. The molecule has 3 nitrogen and oxygen atoms in total. The van der Waals surface area contributed by atoms with Gasteiger partial charge in [0.05, 0.1) is 6.42 Å². The number of carbonyl (C=O) groups is 1. The number of hydrogen-bond acceptors (Lipinski definition) is 2. The van der Waals surface area contributed by atoms with Crippen molar-refractivity contribution < 1.29 is 9.90 Å². The maximum atomic E-state index is 10.7. The van der Waals surface area contributed by atoms with Gasteiger partial charge >= 0.3 is 5.97 Å². The van der Waals surface area contributed by atoms with E-state index in [4.69, 9.17) is 10.8 Å². The molecule has 14 heavy (non-hydrogen) atoms. The Labute approximate surface area is 85.7 Å². The SMILES string of the molecule is CC(C)[C@]1(C)C[C@](CN)(CC(=O)O)C1. The Morgan fingerprint density at radius 3 is 2.29 bits per heavy atom. The summed E-state index contributed by atoms with van der Waals surface area (Å²) in [6.07, 6.45) is 2.15. The second kappa shape index (κ2) is 3.54. The van der Waals surface area contributed by atoms with Crippen LogP contribution in [0.2, 0.25) is 0 Å². The molecule has 1 rings (SSSR count). The van der Waals surface area contributed by atoms with Crippen LogP contribution in [0.25, 0.3) is 0 Å². The van der Waals surface area contributed by atoms with Crippen LogP contribution >= 0.6 is 0 Å². The first-order valence-corrected chi connectivity index (χ1v) is 5.25. The molecule has 0 aromatic rings. The highest BCUT2D eigenvalue weighted by Gasteiger charge is 2.52. The third-order valence-electron chi connectivity index (χ3n) is 3.91. The van der Waals surface area contributed by atoms with Crippen LogP contribution in [0.15, 0.2) is 0 Å². The summed E-state index contributed by atoms with van der Waals surface area (Å²) in [4.78, 5) is 10.7. The molecule has 0 aromatic heterocycles. The zero-order chi connectivity index (χ0) is 11.0. The molecule has 3 heteroatoms. The first-order chi connectivity index (χ1) is 6.33. The lowest BCUT2D eigenvalue weighted by Crippen LogP contribution is -2.52. The number of carboxylic acid groups (broad SMARTS) is 1. The van der Waals surface area contributed by atoms with Crippen molar-refractivity contribution in [1.82, 2.24) is 0 Å². The smallest absolute Gasteiger partial charge is 0.303 e. The summed E-state index contributed by atoms with van der Waals surface area (Å²) in [5.41, 5.74) is 5.86. The van der Waals surface area contributed by atoms with E-state index in [0.717, 1.165) is 12.8 Å². The van der Waals surface area contributed by atoms with E-state index in [9.17, 15) is 4.79 Å². The molecular formula is C11H21NO2. The van der Waals surface area contributed by atoms with Gasteiger partial charge in [-0.25, -0.2) is 0 Å². The van der Waals surface area contributed by atoms with Gasteiger partial charge in [0.15, 0.2) is 0 Å². The zero-order valence-corrected chi connectivity index (χ0v) is 9.34. The molecule has 0 amide bonds. The molecule has 1 aliphatic carbocycles. The van der Waals surface area contributed by atoms with Crippen molar-refractivity contribution in [2.75, 3.05) is 6.54 Å². The van der Waals surface area contributed by atoms with Crippen molar-refractivity contribution in [2.24, 2.45) is 22.5 Å². The highest BCUT2D eigenvalue weighted by molar-refractivity contribution is 5.68. The van der Waals surface area contributed by atoms with Crippen molar-refractivity contribution in [3.63, 3.8) is 0 Å². The van der Waals surface area contributed by atoms with Gasteiger partial charge in [0.2, 0.25) is 0 Å². The highest BCUT2D eigenvalue weighted by atomic mass is 16.4.